The normalized spacial score (nSPS) is 10.9. The summed E-state index contributed by atoms with van der Waals surface area (Å²) < 4.78 is 0. The van der Waals surface area contributed by atoms with E-state index in [0.717, 1.165) is 27.6 Å². The van der Waals surface area contributed by atoms with E-state index in [-0.39, 0.29) is 31.6 Å². The summed E-state index contributed by atoms with van der Waals surface area (Å²) >= 11 is 0. The molecule has 30 heavy (non-hydrogen) atoms. The van der Waals surface area contributed by atoms with Crippen molar-refractivity contribution in [3.63, 3.8) is 0 Å². The van der Waals surface area contributed by atoms with Crippen LogP contribution in [0.25, 0.3) is 32.8 Å². The maximum atomic E-state index is 10.0. The summed E-state index contributed by atoms with van der Waals surface area (Å²) in [5, 5.41) is 13.1. The van der Waals surface area contributed by atoms with Crippen LogP contribution in [0, 0.1) is 19.9 Å². The Labute approximate surface area is 190 Å². The molecule has 4 rings (SSSR count). The molecular weight excluding hydrogens is 553 g/mol. The summed E-state index contributed by atoms with van der Waals surface area (Å²) in [6.45, 7) is 7.03. The topological polar surface area (TPSA) is 63.1 Å². The fourth-order valence-electron chi connectivity index (χ4n) is 3.37. The number of ketones is 1. The third kappa shape index (κ3) is 5.59. The molecule has 2 heterocycles. The number of carbonyl (C=O) groups excluding carboxylic acids is 1. The number of hydrogen-bond acceptors (Lipinski definition) is 4. The Hall–Kier alpha value is -2.88. The maximum absolute atomic E-state index is 10.0. The van der Waals surface area contributed by atoms with Crippen molar-refractivity contribution >= 4 is 27.3 Å². The van der Waals surface area contributed by atoms with E-state index < -0.39 is 0 Å². The van der Waals surface area contributed by atoms with E-state index >= 15 is 0 Å². The molecular formula is C25H23IrN2O2-. The Morgan fingerprint density at radius 2 is 1.73 bits per heavy atom. The predicted octanol–water partition coefficient (Wildman–Crippen LogP) is 5.90. The second kappa shape index (κ2) is 10.2. The van der Waals surface area contributed by atoms with Crippen LogP contribution in [-0.2, 0) is 24.9 Å². The van der Waals surface area contributed by atoms with E-state index in [1.165, 1.54) is 36.3 Å². The van der Waals surface area contributed by atoms with Gasteiger partial charge in [-0.25, -0.2) is 0 Å². The van der Waals surface area contributed by atoms with E-state index in [0.29, 0.717) is 0 Å². The molecule has 1 N–H and O–H groups in total. The number of nitrogens with zero attached hydrogens (tertiary/aromatic N) is 2. The molecule has 1 radical (unpaired) electrons. The smallest absolute Gasteiger partial charge is 0.155 e. The Bertz CT molecular complexity index is 1210. The van der Waals surface area contributed by atoms with Crippen molar-refractivity contribution in [3.05, 3.63) is 84.0 Å². The fourth-order valence-corrected chi connectivity index (χ4v) is 3.37. The molecule has 0 bridgehead atoms. The number of hydrogen-bond donors (Lipinski definition) is 1. The number of pyridine rings is 2. The van der Waals surface area contributed by atoms with Crippen LogP contribution < -0.4 is 0 Å². The Morgan fingerprint density at radius 3 is 2.37 bits per heavy atom. The van der Waals surface area contributed by atoms with Crippen LogP contribution in [0.15, 0.2) is 66.8 Å². The summed E-state index contributed by atoms with van der Waals surface area (Å²) in [4.78, 5) is 18.8. The number of aromatic nitrogens is 2. The van der Waals surface area contributed by atoms with Gasteiger partial charge in [-0.05, 0) is 47.8 Å². The van der Waals surface area contributed by atoms with Crippen molar-refractivity contribution in [3.8, 4) is 11.3 Å². The van der Waals surface area contributed by atoms with Crippen LogP contribution in [0.3, 0.4) is 0 Å². The molecule has 4 aromatic rings. The molecule has 0 spiro atoms. The average Bonchev–Trinajstić information content (AvgIpc) is 2.66. The predicted molar refractivity (Wildman–Crippen MR) is 118 cm³/mol. The average molecular weight is 576 g/mol. The number of rotatable bonds is 2. The first-order valence-electron chi connectivity index (χ1n) is 9.35. The maximum Gasteiger partial charge on any atom is 0.155 e. The number of aryl methyl sites for hydroxylation is 2. The third-order valence-corrected chi connectivity index (χ3v) is 4.38. The van der Waals surface area contributed by atoms with Crippen LogP contribution in [0.1, 0.15) is 25.0 Å². The summed E-state index contributed by atoms with van der Waals surface area (Å²) in [6.07, 6.45) is 6.78. The van der Waals surface area contributed by atoms with Crippen LogP contribution in [-0.4, -0.2) is 20.9 Å². The summed E-state index contributed by atoms with van der Waals surface area (Å²) in [5.41, 5.74) is 4.41. The van der Waals surface area contributed by atoms with Crippen LogP contribution in [0.2, 0.25) is 0 Å². The van der Waals surface area contributed by atoms with E-state index in [1.807, 2.05) is 18.6 Å². The van der Waals surface area contributed by atoms with E-state index in [4.69, 9.17) is 5.11 Å². The first kappa shape index (κ1) is 23.4. The zero-order valence-electron chi connectivity index (χ0n) is 17.4. The van der Waals surface area contributed by atoms with Crippen molar-refractivity contribution in [2.45, 2.75) is 27.7 Å². The van der Waals surface area contributed by atoms with Gasteiger partial charge in [0.15, 0.2) is 5.78 Å². The van der Waals surface area contributed by atoms with Gasteiger partial charge >= 0.3 is 0 Å². The minimum absolute atomic E-state index is 0. The van der Waals surface area contributed by atoms with Crippen molar-refractivity contribution < 1.29 is 30.0 Å². The number of carbonyl (C=O) groups is 1. The molecule has 0 atom stereocenters. The van der Waals surface area contributed by atoms with E-state index in [9.17, 15) is 4.79 Å². The van der Waals surface area contributed by atoms with Gasteiger partial charge in [-0.3, -0.25) is 9.78 Å². The van der Waals surface area contributed by atoms with Crippen molar-refractivity contribution in [1.82, 2.24) is 9.97 Å². The molecule has 0 saturated carbocycles. The van der Waals surface area contributed by atoms with E-state index in [1.54, 1.807) is 0 Å². The minimum Gasteiger partial charge on any atom is -0.512 e. The van der Waals surface area contributed by atoms with Gasteiger partial charge in [0.2, 0.25) is 0 Å². The first-order valence-corrected chi connectivity index (χ1v) is 9.35. The van der Waals surface area contributed by atoms with Crippen LogP contribution in [0.5, 0.6) is 0 Å². The summed E-state index contributed by atoms with van der Waals surface area (Å²) in [6, 6.07) is 16.1. The Kier molecular flexibility index (Phi) is 7.99. The molecule has 2 aromatic carbocycles. The number of benzene rings is 2. The van der Waals surface area contributed by atoms with Gasteiger partial charge in [0.25, 0.3) is 0 Å². The second-order valence-electron chi connectivity index (χ2n) is 7.07. The monoisotopic (exact) mass is 576 g/mol. The number of aliphatic hydroxyl groups is 1. The van der Waals surface area contributed by atoms with E-state index in [2.05, 4.69) is 66.3 Å². The molecule has 155 valence electrons. The Balaban J connectivity index is 0.000000350. The Morgan fingerprint density at radius 1 is 1.00 bits per heavy atom. The summed E-state index contributed by atoms with van der Waals surface area (Å²) in [7, 11) is 0. The standard InChI is InChI=1S/C20H15N2.C5H8O2.Ir/c1-13-9-14(2)11-16(10-13)20-19-4-3-15-12-21-7-5-17(15)18(19)6-8-22-20;1-4(6)3-5(2)7;/h3-10,12H,1-2H3;3,6H,1-2H3;/q-1;;/b;4-3-;. The molecule has 4 nitrogen and oxygen atoms in total. The zero-order chi connectivity index (χ0) is 21.0. The van der Waals surface area contributed by atoms with Gasteiger partial charge in [0.05, 0.1) is 5.76 Å². The number of allylic oxidation sites excluding steroid dienone is 2. The van der Waals surface area contributed by atoms with Crippen LogP contribution >= 0.6 is 0 Å². The molecule has 0 amide bonds. The second-order valence-corrected chi connectivity index (χ2v) is 7.07. The van der Waals surface area contributed by atoms with Crippen molar-refractivity contribution in [2.24, 2.45) is 0 Å². The largest absolute Gasteiger partial charge is 0.512 e. The third-order valence-electron chi connectivity index (χ3n) is 4.38. The number of aliphatic hydroxyl groups excluding tert-OH is 1. The zero-order valence-corrected chi connectivity index (χ0v) is 19.8. The molecule has 0 aliphatic carbocycles. The SMILES string of the molecule is CC(=O)/C=C(/C)O.Cc1[c-]c(-c2nccc3c2ccc2cnccc23)cc(C)c1.[Ir]. The van der Waals surface area contributed by atoms with Gasteiger partial charge in [0.1, 0.15) is 0 Å². The van der Waals surface area contributed by atoms with Crippen molar-refractivity contribution in [1.29, 1.82) is 0 Å². The quantitative estimate of drug-likeness (QED) is 0.140. The molecule has 0 unspecified atom stereocenters. The molecule has 0 aliphatic rings. The molecule has 2 aromatic heterocycles. The van der Waals surface area contributed by atoms with Gasteiger partial charge in [-0.1, -0.05) is 26.0 Å². The number of fused-ring (bicyclic) bond motifs is 3. The fraction of sp³-hybridized carbons (Fsp3) is 0.160. The van der Waals surface area contributed by atoms with Gasteiger partial charge in [-0.2, -0.15) is 0 Å². The van der Waals surface area contributed by atoms with Gasteiger partial charge in [-0.15, -0.1) is 34.9 Å². The summed E-state index contributed by atoms with van der Waals surface area (Å²) in [5.74, 6) is -0.0625. The van der Waals surface area contributed by atoms with Crippen LogP contribution in [0.4, 0.5) is 0 Å². The molecule has 0 fully saturated rings. The molecule has 0 saturated heterocycles. The molecule has 0 aliphatic heterocycles. The van der Waals surface area contributed by atoms with Gasteiger partial charge < -0.3 is 10.1 Å². The van der Waals surface area contributed by atoms with Gasteiger partial charge in [0, 0.05) is 50.2 Å². The minimum atomic E-state index is -0.125. The first-order chi connectivity index (χ1) is 13.8. The molecule has 5 heteroatoms. The van der Waals surface area contributed by atoms with Crippen molar-refractivity contribution in [2.75, 3.05) is 0 Å².